The van der Waals surface area contributed by atoms with Gasteiger partial charge in [-0.25, -0.2) is 4.79 Å². The molecule has 0 aliphatic carbocycles. The summed E-state index contributed by atoms with van der Waals surface area (Å²) < 4.78 is 5.29. The number of hydrogen-bond acceptors (Lipinski definition) is 4. The van der Waals surface area contributed by atoms with Gasteiger partial charge in [0, 0.05) is 31.6 Å². The summed E-state index contributed by atoms with van der Waals surface area (Å²) in [5.41, 5.74) is 2.08. The number of hydrogen-bond donors (Lipinski definition) is 1. The number of amides is 2. The number of benzene rings is 1. The van der Waals surface area contributed by atoms with Crippen LogP contribution in [0.3, 0.4) is 0 Å². The summed E-state index contributed by atoms with van der Waals surface area (Å²) in [6.07, 6.45) is 1.46. The molecule has 0 radical (unpaired) electrons. The molecule has 0 saturated carbocycles. The minimum absolute atomic E-state index is 0.0818. The van der Waals surface area contributed by atoms with Crippen molar-refractivity contribution in [1.82, 2.24) is 20.4 Å². The van der Waals surface area contributed by atoms with Crippen LogP contribution < -0.4 is 5.32 Å². The second kappa shape index (κ2) is 7.76. The predicted molar refractivity (Wildman–Crippen MR) is 89.1 cm³/mol. The molecule has 2 amide bonds. The minimum atomic E-state index is -0.0818. The molecule has 23 heavy (non-hydrogen) atoms. The smallest absolute Gasteiger partial charge is 0.317 e. The summed E-state index contributed by atoms with van der Waals surface area (Å²) in [4.78, 5) is 18.0. The molecule has 0 saturated heterocycles. The number of urea groups is 1. The molecular formula is C17H24N4O2. The van der Waals surface area contributed by atoms with Crippen molar-refractivity contribution in [3.05, 3.63) is 35.7 Å². The van der Waals surface area contributed by atoms with E-state index in [9.17, 15) is 4.79 Å². The molecule has 0 fully saturated rings. The van der Waals surface area contributed by atoms with E-state index in [1.165, 1.54) is 5.56 Å². The third-order valence-electron chi connectivity index (χ3n) is 3.77. The first kappa shape index (κ1) is 17.0. The second-order valence-electron chi connectivity index (χ2n) is 5.81. The molecule has 0 bridgehead atoms. The summed E-state index contributed by atoms with van der Waals surface area (Å²) in [6.45, 7) is 6.59. The molecule has 124 valence electrons. The summed E-state index contributed by atoms with van der Waals surface area (Å²) in [5.74, 6) is 1.11. The van der Waals surface area contributed by atoms with Gasteiger partial charge in [0.1, 0.15) is 0 Å². The Morgan fingerprint density at radius 3 is 2.70 bits per heavy atom. The Kier molecular flexibility index (Phi) is 5.73. The van der Waals surface area contributed by atoms with Crippen molar-refractivity contribution in [3.8, 4) is 11.5 Å². The van der Waals surface area contributed by atoms with Crippen molar-refractivity contribution >= 4 is 6.03 Å². The maximum atomic E-state index is 11.9. The molecule has 6 nitrogen and oxygen atoms in total. The minimum Gasteiger partial charge on any atom is -0.336 e. The van der Waals surface area contributed by atoms with Crippen LogP contribution in [-0.2, 0) is 6.42 Å². The lowest BCUT2D eigenvalue weighted by Gasteiger charge is -2.20. The summed E-state index contributed by atoms with van der Waals surface area (Å²) in [5, 5.41) is 6.90. The first-order valence-electron chi connectivity index (χ1n) is 7.90. The Morgan fingerprint density at radius 2 is 2.04 bits per heavy atom. The van der Waals surface area contributed by atoms with Crippen molar-refractivity contribution in [1.29, 1.82) is 0 Å². The molecular weight excluding hydrogens is 292 g/mol. The van der Waals surface area contributed by atoms with E-state index in [1.807, 2.05) is 45.0 Å². The number of nitrogens with one attached hydrogen (secondary N) is 1. The van der Waals surface area contributed by atoms with Crippen molar-refractivity contribution < 1.29 is 9.32 Å². The number of rotatable bonds is 6. The number of nitrogens with zero attached hydrogens (tertiary/aromatic N) is 3. The topological polar surface area (TPSA) is 71.3 Å². The fourth-order valence-electron chi connectivity index (χ4n) is 1.96. The monoisotopic (exact) mass is 316 g/mol. The number of aromatic nitrogens is 2. The third-order valence-corrected chi connectivity index (χ3v) is 3.77. The van der Waals surface area contributed by atoms with Crippen LogP contribution in [0.4, 0.5) is 4.79 Å². The zero-order chi connectivity index (χ0) is 16.8. The lowest BCUT2D eigenvalue weighted by atomic mass is 10.1. The molecule has 2 rings (SSSR count). The Hall–Kier alpha value is -2.37. The van der Waals surface area contributed by atoms with Gasteiger partial charge in [0.05, 0.1) is 0 Å². The standard InChI is InChI=1S/C17H24N4O2/c1-5-13(3)18-17(22)21(4)11-10-15-19-16(23-20-15)14-8-6-12(2)7-9-14/h6-9,13H,5,10-11H2,1-4H3,(H,18,22)/t13-/m1/s1. The SMILES string of the molecule is CC[C@@H](C)NC(=O)N(C)CCc1noc(-c2ccc(C)cc2)n1. The lowest BCUT2D eigenvalue weighted by molar-refractivity contribution is 0.205. The van der Waals surface area contributed by atoms with Crippen molar-refractivity contribution in [2.75, 3.05) is 13.6 Å². The van der Waals surface area contributed by atoms with E-state index in [2.05, 4.69) is 15.5 Å². The van der Waals surface area contributed by atoms with Crippen molar-refractivity contribution in [2.24, 2.45) is 0 Å². The second-order valence-corrected chi connectivity index (χ2v) is 5.81. The van der Waals surface area contributed by atoms with Crippen LogP contribution in [0.25, 0.3) is 11.5 Å². The molecule has 0 spiro atoms. The Labute approximate surface area is 136 Å². The highest BCUT2D eigenvalue weighted by molar-refractivity contribution is 5.74. The van der Waals surface area contributed by atoms with Gasteiger partial charge < -0.3 is 14.7 Å². The number of aryl methyl sites for hydroxylation is 1. The zero-order valence-electron chi connectivity index (χ0n) is 14.2. The van der Waals surface area contributed by atoms with E-state index in [0.717, 1.165) is 12.0 Å². The van der Waals surface area contributed by atoms with E-state index in [-0.39, 0.29) is 12.1 Å². The molecule has 2 aromatic rings. The summed E-state index contributed by atoms with van der Waals surface area (Å²) >= 11 is 0. The molecule has 0 aliphatic rings. The van der Waals surface area contributed by atoms with Gasteiger partial charge in [0.2, 0.25) is 0 Å². The predicted octanol–water partition coefficient (Wildman–Crippen LogP) is 3.03. The quantitative estimate of drug-likeness (QED) is 0.889. The maximum absolute atomic E-state index is 11.9. The van der Waals surface area contributed by atoms with E-state index in [0.29, 0.717) is 24.7 Å². The van der Waals surface area contributed by atoms with Crippen molar-refractivity contribution in [3.63, 3.8) is 0 Å². The van der Waals surface area contributed by atoms with Gasteiger partial charge in [0.25, 0.3) is 5.89 Å². The van der Waals surface area contributed by atoms with Crippen LogP contribution >= 0.6 is 0 Å². The molecule has 6 heteroatoms. The van der Waals surface area contributed by atoms with Crippen LogP contribution in [0.2, 0.25) is 0 Å². The number of likely N-dealkylation sites (N-methyl/N-ethyl adjacent to an activating group) is 1. The molecule has 0 unspecified atom stereocenters. The van der Waals surface area contributed by atoms with Crippen LogP contribution in [0.5, 0.6) is 0 Å². The third kappa shape index (κ3) is 4.81. The molecule has 1 atom stereocenters. The van der Waals surface area contributed by atoms with Gasteiger partial charge in [0.15, 0.2) is 5.82 Å². The largest absolute Gasteiger partial charge is 0.336 e. The highest BCUT2D eigenvalue weighted by Crippen LogP contribution is 2.17. The summed E-state index contributed by atoms with van der Waals surface area (Å²) in [6, 6.07) is 8.01. The zero-order valence-corrected chi connectivity index (χ0v) is 14.2. The first-order chi connectivity index (χ1) is 11.0. The van der Waals surface area contributed by atoms with Crippen molar-refractivity contribution in [2.45, 2.75) is 39.7 Å². The molecule has 1 aromatic carbocycles. The van der Waals surface area contributed by atoms with Gasteiger partial charge in [-0.1, -0.05) is 29.8 Å². The molecule has 0 aliphatic heterocycles. The van der Waals surface area contributed by atoms with Gasteiger partial charge >= 0.3 is 6.03 Å². The first-order valence-corrected chi connectivity index (χ1v) is 7.90. The van der Waals surface area contributed by atoms with Gasteiger partial charge in [-0.15, -0.1) is 0 Å². The van der Waals surface area contributed by atoms with E-state index < -0.39 is 0 Å². The average Bonchev–Trinajstić information content (AvgIpc) is 3.02. The Bertz CT molecular complexity index is 636. The van der Waals surface area contributed by atoms with Crippen LogP contribution in [0.15, 0.2) is 28.8 Å². The van der Waals surface area contributed by atoms with Crippen LogP contribution in [0, 0.1) is 6.92 Å². The van der Waals surface area contributed by atoms with Crippen LogP contribution in [-0.4, -0.2) is 40.7 Å². The Balaban J connectivity index is 1.89. The van der Waals surface area contributed by atoms with E-state index in [4.69, 9.17) is 4.52 Å². The number of carbonyl (C=O) groups excluding carboxylic acids is 1. The average molecular weight is 316 g/mol. The highest BCUT2D eigenvalue weighted by Gasteiger charge is 2.13. The van der Waals surface area contributed by atoms with Gasteiger partial charge in [-0.3, -0.25) is 0 Å². The molecule has 1 N–H and O–H groups in total. The maximum Gasteiger partial charge on any atom is 0.317 e. The molecule has 1 aromatic heterocycles. The number of carbonyl (C=O) groups is 1. The molecule has 1 heterocycles. The fraction of sp³-hybridized carbons (Fsp3) is 0.471. The Morgan fingerprint density at radius 1 is 1.35 bits per heavy atom. The summed E-state index contributed by atoms with van der Waals surface area (Å²) in [7, 11) is 1.76. The van der Waals surface area contributed by atoms with Gasteiger partial charge in [-0.05, 0) is 32.4 Å². The fourth-order valence-corrected chi connectivity index (χ4v) is 1.96. The van der Waals surface area contributed by atoms with Gasteiger partial charge in [-0.2, -0.15) is 4.98 Å². The normalized spacial score (nSPS) is 12.0. The van der Waals surface area contributed by atoms with Crippen LogP contribution in [0.1, 0.15) is 31.7 Å². The highest BCUT2D eigenvalue weighted by atomic mass is 16.5. The van der Waals surface area contributed by atoms with E-state index >= 15 is 0 Å². The van der Waals surface area contributed by atoms with E-state index in [1.54, 1.807) is 11.9 Å². The lowest BCUT2D eigenvalue weighted by Crippen LogP contribution is -2.42.